The summed E-state index contributed by atoms with van der Waals surface area (Å²) in [6.07, 6.45) is 5.32. The smallest absolute Gasteiger partial charge is 0.255 e. The highest BCUT2D eigenvalue weighted by molar-refractivity contribution is 5.99. The molecule has 3 aromatic rings. The lowest BCUT2D eigenvalue weighted by molar-refractivity contribution is -0.127. The highest BCUT2D eigenvalue weighted by Crippen LogP contribution is 2.20. The van der Waals surface area contributed by atoms with Gasteiger partial charge in [-0.1, -0.05) is 12.5 Å². The van der Waals surface area contributed by atoms with Crippen molar-refractivity contribution in [2.75, 3.05) is 32.6 Å². The summed E-state index contributed by atoms with van der Waals surface area (Å²) >= 11 is 0. The number of pyridine rings is 1. The summed E-state index contributed by atoms with van der Waals surface area (Å²) < 4.78 is 5.02. The molecule has 3 heterocycles. The van der Waals surface area contributed by atoms with Crippen LogP contribution < -0.4 is 11.1 Å². The van der Waals surface area contributed by atoms with E-state index in [4.69, 9.17) is 10.5 Å². The molecular formula is C27H32N6O3. The molecule has 4 rings (SSSR count). The first-order chi connectivity index (χ1) is 17.3. The van der Waals surface area contributed by atoms with E-state index in [1.807, 2.05) is 31.0 Å². The van der Waals surface area contributed by atoms with Gasteiger partial charge in [0.05, 0.1) is 18.2 Å². The molecule has 1 aliphatic heterocycles. The van der Waals surface area contributed by atoms with Gasteiger partial charge in [-0.2, -0.15) is 5.10 Å². The van der Waals surface area contributed by atoms with Crippen LogP contribution in [-0.4, -0.2) is 65.2 Å². The van der Waals surface area contributed by atoms with Gasteiger partial charge in [-0.15, -0.1) is 0 Å². The molecule has 188 valence electrons. The van der Waals surface area contributed by atoms with Crippen molar-refractivity contribution in [3.63, 3.8) is 0 Å². The molecule has 0 bridgehead atoms. The van der Waals surface area contributed by atoms with Crippen LogP contribution in [0.25, 0.3) is 10.9 Å². The van der Waals surface area contributed by atoms with Crippen LogP contribution in [0.3, 0.4) is 0 Å². The van der Waals surface area contributed by atoms with Crippen LogP contribution in [0.2, 0.25) is 0 Å². The number of H-pyrrole nitrogens is 1. The van der Waals surface area contributed by atoms with Gasteiger partial charge < -0.3 is 20.7 Å². The van der Waals surface area contributed by atoms with Crippen LogP contribution >= 0.6 is 0 Å². The molecule has 0 aliphatic carbocycles. The molecule has 0 saturated carbocycles. The number of nitrogens with two attached hydrogens (primary N) is 1. The van der Waals surface area contributed by atoms with Crippen LogP contribution in [0.4, 0.5) is 5.82 Å². The Hall–Kier alpha value is -4.16. The Kier molecular flexibility index (Phi) is 8.81. The van der Waals surface area contributed by atoms with Gasteiger partial charge in [0.15, 0.2) is 5.82 Å². The van der Waals surface area contributed by atoms with E-state index in [9.17, 15) is 9.59 Å². The maximum Gasteiger partial charge on any atom is 0.255 e. The Balaban J connectivity index is 0.000000253. The molecule has 1 saturated heterocycles. The Morgan fingerprint density at radius 1 is 1.33 bits per heavy atom. The quantitative estimate of drug-likeness (QED) is 0.374. The monoisotopic (exact) mass is 488 g/mol. The number of methoxy groups -OCH3 is 1. The van der Waals surface area contributed by atoms with Crippen LogP contribution in [0.15, 0.2) is 37.1 Å². The number of aromatic nitrogens is 3. The van der Waals surface area contributed by atoms with Gasteiger partial charge in [-0.05, 0) is 68.0 Å². The number of ether oxygens (including phenoxy) is 1. The first kappa shape index (κ1) is 26.4. The second-order valence-electron chi connectivity index (χ2n) is 8.55. The summed E-state index contributed by atoms with van der Waals surface area (Å²) in [6.45, 7) is 8.96. The van der Waals surface area contributed by atoms with Gasteiger partial charge in [-0.3, -0.25) is 19.7 Å². The second kappa shape index (κ2) is 12.0. The fraction of sp³-hybridized carbons (Fsp3) is 0.333. The lowest BCUT2D eigenvalue weighted by Gasteiger charge is -2.22. The topological polar surface area (TPSA) is 126 Å². The number of primary amides is 1. The normalized spacial score (nSPS) is 14.4. The number of aromatic amines is 1. The molecule has 1 aromatic carbocycles. The molecule has 0 radical (unpaired) electrons. The van der Waals surface area contributed by atoms with Crippen LogP contribution in [0, 0.1) is 25.7 Å². The number of hydrogen-bond donors (Lipinski definition) is 3. The van der Waals surface area contributed by atoms with E-state index < -0.39 is 5.91 Å². The van der Waals surface area contributed by atoms with Gasteiger partial charge in [0, 0.05) is 37.8 Å². The number of anilines is 1. The molecule has 0 spiro atoms. The summed E-state index contributed by atoms with van der Waals surface area (Å²) in [7, 11) is 3.33. The number of nitrogens with one attached hydrogen (secondary N) is 2. The maximum atomic E-state index is 11.6. The number of amides is 2. The Morgan fingerprint density at radius 3 is 2.78 bits per heavy atom. The minimum Gasteiger partial charge on any atom is -0.383 e. The SMILES string of the molecule is C=CC(=O)N1CCCC1COC.CNc1n[nH]c(C#Cc2cc3ncc(C)cc3cc2C)c1C(N)=O. The predicted octanol–water partition coefficient (Wildman–Crippen LogP) is 2.92. The zero-order chi connectivity index (χ0) is 26.2. The van der Waals surface area contributed by atoms with Crippen molar-refractivity contribution in [3.05, 3.63) is 65.0 Å². The van der Waals surface area contributed by atoms with Gasteiger partial charge in [0.1, 0.15) is 11.3 Å². The van der Waals surface area contributed by atoms with Crippen molar-refractivity contribution in [1.82, 2.24) is 20.1 Å². The van der Waals surface area contributed by atoms with E-state index in [0.29, 0.717) is 18.1 Å². The zero-order valence-corrected chi connectivity index (χ0v) is 21.1. The number of carbonyl (C=O) groups excluding carboxylic acids is 2. The number of fused-ring (bicyclic) bond motifs is 1. The average molecular weight is 489 g/mol. The van der Waals surface area contributed by atoms with E-state index in [-0.39, 0.29) is 17.5 Å². The molecule has 2 amide bonds. The van der Waals surface area contributed by atoms with Gasteiger partial charge in [0.2, 0.25) is 5.91 Å². The number of aryl methyl sites for hydroxylation is 2. The number of benzene rings is 1. The maximum absolute atomic E-state index is 11.6. The molecule has 1 aliphatic rings. The summed E-state index contributed by atoms with van der Waals surface area (Å²) in [6, 6.07) is 6.35. The van der Waals surface area contributed by atoms with Crippen molar-refractivity contribution in [1.29, 1.82) is 0 Å². The summed E-state index contributed by atoms with van der Waals surface area (Å²) in [4.78, 5) is 29.1. The molecule has 1 atom stereocenters. The third kappa shape index (κ3) is 6.09. The Labute approximate surface area is 211 Å². The highest BCUT2D eigenvalue weighted by atomic mass is 16.5. The molecule has 1 fully saturated rings. The van der Waals surface area contributed by atoms with E-state index in [1.165, 1.54) is 6.08 Å². The van der Waals surface area contributed by atoms with Gasteiger partial charge in [-0.25, -0.2) is 0 Å². The standard InChI is InChI=1S/C18H17N5O.C9H15NO2/c1-10-6-13-7-11(2)12(8-15(13)21-9-10)4-5-14-16(17(19)24)18(20-3)23-22-14;1-3-9(11)10-6-4-5-8(10)7-12-2/h6-9H,1-3H3,(H2,19,24)(H2,20,22,23);3,8H,1,4-7H2,2H3. The third-order valence-corrected chi connectivity index (χ3v) is 5.93. The number of nitrogens with zero attached hydrogens (tertiary/aromatic N) is 3. The minimum atomic E-state index is -0.579. The van der Waals surface area contributed by atoms with E-state index in [2.05, 4.69) is 51.1 Å². The molecule has 4 N–H and O–H groups in total. The molecule has 1 unspecified atom stereocenters. The van der Waals surface area contributed by atoms with Gasteiger partial charge in [0.25, 0.3) is 5.91 Å². The first-order valence-corrected chi connectivity index (χ1v) is 11.7. The van der Waals surface area contributed by atoms with Crippen molar-refractivity contribution >= 4 is 28.5 Å². The third-order valence-electron chi connectivity index (χ3n) is 5.93. The molecule has 36 heavy (non-hydrogen) atoms. The predicted molar refractivity (Wildman–Crippen MR) is 141 cm³/mol. The highest BCUT2D eigenvalue weighted by Gasteiger charge is 2.26. The van der Waals surface area contributed by atoms with Gasteiger partial charge >= 0.3 is 0 Å². The van der Waals surface area contributed by atoms with E-state index in [1.54, 1.807) is 14.2 Å². The van der Waals surface area contributed by atoms with E-state index in [0.717, 1.165) is 47.0 Å². The fourth-order valence-electron chi connectivity index (χ4n) is 4.13. The minimum absolute atomic E-state index is 0.0227. The zero-order valence-electron chi connectivity index (χ0n) is 21.1. The van der Waals surface area contributed by atoms with E-state index >= 15 is 0 Å². The van der Waals surface area contributed by atoms with Crippen LogP contribution in [-0.2, 0) is 9.53 Å². The molecule has 9 nitrogen and oxygen atoms in total. The Bertz CT molecular complexity index is 1330. The summed E-state index contributed by atoms with van der Waals surface area (Å²) in [5.41, 5.74) is 9.94. The largest absolute Gasteiger partial charge is 0.383 e. The van der Waals surface area contributed by atoms with Crippen molar-refractivity contribution in [2.24, 2.45) is 5.73 Å². The fourth-order valence-corrected chi connectivity index (χ4v) is 4.13. The second-order valence-corrected chi connectivity index (χ2v) is 8.55. The number of hydrogen-bond acceptors (Lipinski definition) is 6. The first-order valence-electron chi connectivity index (χ1n) is 11.7. The molecular weight excluding hydrogens is 456 g/mol. The average Bonchev–Trinajstić information content (AvgIpc) is 3.49. The number of carbonyl (C=O) groups is 2. The lowest BCUT2D eigenvalue weighted by atomic mass is 10.0. The van der Waals surface area contributed by atoms with Crippen molar-refractivity contribution in [3.8, 4) is 11.8 Å². The van der Waals surface area contributed by atoms with Crippen LogP contribution in [0.1, 0.15) is 45.6 Å². The number of likely N-dealkylation sites (tertiary alicyclic amines) is 1. The Morgan fingerprint density at radius 2 is 2.11 bits per heavy atom. The summed E-state index contributed by atoms with van der Waals surface area (Å²) in [5.74, 6) is 5.85. The van der Waals surface area contributed by atoms with Crippen molar-refractivity contribution in [2.45, 2.75) is 32.7 Å². The van der Waals surface area contributed by atoms with Crippen LogP contribution in [0.5, 0.6) is 0 Å². The molecule has 2 aromatic heterocycles. The number of rotatable bonds is 5. The molecule has 9 heteroatoms. The van der Waals surface area contributed by atoms with Crippen molar-refractivity contribution < 1.29 is 14.3 Å². The lowest BCUT2D eigenvalue weighted by Crippen LogP contribution is -2.36. The summed E-state index contributed by atoms with van der Waals surface area (Å²) in [5, 5.41) is 10.6.